The monoisotopic (exact) mass is 354 g/mol. The second kappa shape index (κ2) is 8.22. The predicted octanol–water partition coefficient (Wildman–Crippen LogP) is 7.17. The molecule has 0 bridgehead atoms. The molecule has 3 aromatic rings. The first-order valence-corrected chi connectivity index (χ1v) is 8.93. The first-order valence-electron chi connectivity index (χ1n) is 8.93. The third-order valence-corrected chi connectivity index (χ3v) is 4.55. The first kappa shape index (κ1) is 18.2. The molecule has 0 nitrogen and oxygen atoms in total. The fraction of sp³-hybridized carbons (Fsp3) is 0.217. The lowest BCUT2D eigenvalue weighted by atomic mass is 9.97. The van der Waals surface area contributed by atoms with Gasteiger partial charge in [-0.25, -0.2) is 13.2 Å². The Labute approximate surface area is 152 Å². The van der Waals surface area contributed by atoms with Gasteiger partial charge < -0.3 is 0 Å². The van der Waals surface area contributed by atoms with E-state index in [4.69, 9.17) is 0 Å². The maximum Gasteiger partial charge on any atom is 0.131 e. The number of unbranched alkanes of at least 4 members (excludes halogenated alkanes) is 2. The van der Waals surface area contributed by atoms with E-state index in [9.17, 15) is 13.2 Å². The van der Waals surface area contributed by atoms with Crippen LogP contribution >= 0.6 is 0 Å². The molecule has 134 valence electrons. The van der Waals surface area contributed by atoms with Gasteiger partial charge in [-0.2, -0.15) is 0 Å². The molecule has 0 spiro atoms. The van der Waals surface area contributed by atoms with E-state index in [1.54, 1.807) is 6.07 Å². The molecule has 0 aliphatic carbocycles. The van der Waals surface area contributed by atoms with Crippen molar-refractivity contribution in [2.45, 2.75) is 32.6 Å². The third-order valence-electron chi connectivity index (χ3n) is 4.55. The molecule has 3 heteroatoms. The molecule has 0 aliphatic rings. The molecule has 0 aromatic heterocycles. The zero-order chi connectivity index (χ0) is 18.5. The highest BCUT2D eigenvalue weighted by molar-refractivity contribution is 5.72. The number of halogens is 3. The number of aryl methyl sites for hydroxylation is 1. The van der Waals surface area contributed by atoms with Crippen molar-refractivity contribution in [3.05, 3.63) is 83.7 Å². The third kappa shape index (κ3) is 3.98. The predicted molar refractivity (Wildman–Crippen MR) is 100 cm³/mol. The molecule has 26 heavy (non-hydrogen) atoms. The Kier molecular flexibility index (Phi) is 5.77. The van der Waals surface area contributed by atoms with Crippen molar-refractivity contribution in [1.82, 2.24) is 0 Å². The second-order valence-electron chi connectivity index (χ2n) is 6.45. The topological polar surface area (TPSA) is 0 Å². The van der Waals surface area contributed by atoms with Gasteiger partial charge in [0, 0.05) is 16.7 Å². The van der Waals surface area contributed by atoms with Gasteiger partial charge in [0.15, 0.2) is 0 Å². The molecule has 0 aliphatic heterocycles. The summed E-state index contributed by atoms with van der Waals surface area (Å²) in [5.41, 5.74) is 1.97. The molecule has 0 saturated carbocycles. The highest BCUT2D eigenvalue weighted by Gasteiger charge is 2.15. The van der Waals surface area contributed by atoms with Gasteiger partial charge in [0.2, 0.25) is 0 Å². The smallest absolute Gasteiger partial charge is 0.131 e. The van der Waals surface area contributed by atoms with Crippen molar-refractivity contribution < 1.29 is 13.2 Å². The molecule has 0 N–H and O–H groups in total. The van der Waals surface area contributed by atoms with Gasteiger partial charge in [0.1, 0.15) is 17.5 Å². The van der Waals surface area contributed by atoms with E-state index in [1.165, 1.54) is 30.2 Å². The van der Waals surface area contributed by atoms with Crippen LogP contribution in [0.5, 0.6) is 0 Å². The van der Waals surface area contributed by atoms with Gasteiger partial charge in [-0.1, -0.05) is 62.2 Å². The Bertz CT molecular complexity index is 882. The summed E-state index contributed by atoms with van der Waals surface area (Å²) in [6, 6.07) is 15.5. The highest BCUT2D eigenvalue weighted by atomic mass is 19.1. The quantitative estimate of drug-likeness (QED) is 0.412. The Hall–Kier alpha value is -2.55. The van der Waals surface area contributed by atoms with E-state index in [1.807, 2.05) is 24.3 Å². The molecule has 0 saturated heterocycles. The van der Waals surface area contributed by atoms with Crippen LogP contribution in [0.1, 0.15) is 31.7 Å². The average Bonchev–Trinajstić information content (AvgIpc) is 2.65. The maximum atomic E-state index is 14.6. The van der Waals surface area contributed by atoms with E-state index < -0.39 is 17.5 Å². The van der Waals surface area contributed by atoms with Crippen LogP contribution in [0.2, 0.25) is 0 Å². The maximum absolute atomic E-state index is 14.6. The zero-order valence-corrected chi connectivity index (χ0v) is 14.7. The summed E-state index contributed by atoms with van der Waals surface area (Å²) in [6.07, 6.45) is 4.45. The molecule has 0 atom stereocenters. The Balaban J connectivity index is 1.90. The number of benzene rings is 3. The van der Waals surface area contributed by atoms with Crippen LogP contribution in [0.25, 0.3) is 22.3 Å². The molecule has 3 rings (SSSR count). The Morgan fingerprint density at radius 3 is 2.00 bits per heavy atom. The van der Waals surface area contributed by atoms with Crippen LogP contribution in [0.3, 0.4) is 0 Å². The summed E-state index contributed by atoms with van der Waals surface area (Å²) in [4.78, 5) is 0. The van der Waals surface area contributed by atoms with Gasteiger partial charge in [-0.3, -0.25) is 0 Å². The van der Waals surface area contributed by atoms with E-state index in [-0.39, 0.29) is 16.7 Å². The largest absolute Gasteiger partial charge is 0.206 e. The van der Waals surface area contributed by atoms with Crippen molar-refractivity contribution in [2.75, 3.05) is 0 Å². The molecule has 0 unspecified atom stereocenters. The van der Waals surface area contributed by atoms with E-state index in [0.717, 1.165) is 31.4 Å². The summed E-state index contributed by atoms with van der Waals surface area (Å²) in [5, 5.41) is 0. The summed E-state index contributed by atoms with van der Waals surface area (Å²) >= 11 is 0. The fourth-order valence-corrected chi connectivity index (χ4v) is 3.08. The van der Waals surface area contributed by atoms with E-state index in [2.05, 4.69) is 6.92 Å². The molecule has 0 heterocycles. The Morgan fingerprint density at radius 2 is 1.31 bits per heavy atom. The van der Waals surface area contributed by atoms with Gasteiger partial charge in [0.05, 0.1) is 0 Å². The highest BCUT2D eigenvalue weighted by Crippen LogP contribution is 2.32. The van der Waals surface area contributed by atoms with Gasteiger partial charge >= 0.3 is 0 Å². The van der Waals surface area contributed by atoms with Crippen molar-refractivity contribution in [3.8, 4) is 22.3 Å². The van der Waals surface area contributed by atoms with E-state index in [0.29, 0.717) is 5.56 Å². The SMILES string of the molecule is CCCCCc1ccc(-c2cc(F)c(-c3ccccc3F)cc2F)cc1. The summed E-state index contributed by atoms with van der Waals surface area (Å²) in [7, 11) is 0. The minimum atomic E-state index is -0.640. The second-order valence-corrected chi connectivity index (χ2v) is 6.45. The normalized spacial score (nSPS) is 10.9. The lowest BCUT2D eigenvalue weighted by molar-refractivity contribution is 0.600. The minimum absolute atomic E-state index is 0.0572. The van der Waals surface area contributed by atoms with Crippen molar-refractivity contribution in [3.63, 3.8) is 0 Å². The van der Waals surface area contributed by atoms with Crippen molar-refractivity contribution in [2.24, 2.45) is 0 Å². The zero-order valence-electron chi connectivity index (χ0n) is 14.7. The molecular formula is C23H21F3. The molecule has 0 radical (unpaired) electrons. The van der Waals surface area contributed by atoms with Crippen LogP contribution in [0, 0.1) is 17.5 Å². The van der Waals surface area contributed by atoms with Crippen LogP contribution in [0.4, 0.5) is 13.2 Å². The molecule has 3 aromatic carbocycles. The minimum Gasteiger partial charge on any atom is -0.206 e. The van der Waals surface area contributed by atoms with Gasteiger partial charge in [0.25, 0.3) is 0 Å². The lowest BCUT2D eigenvalue weighted by Gasteiger charge is -2.10. The first-order chi connectivity index (χ1) is 12.6. The van der Waals surface area contributed by atoms with Crippen molar-refractivity contribution in [1.29, 1.82) is 0 Å². The summed E-state index contributed by atoms with van der Waals surface area (Å²) in [5.74, 6) is -1.78. The molecule has 0 fully saturated rings. The Morgan fingerprint density at radius 1 is 0.654 bits per heavy atom. The standard InChI is InChI=1S/C23H21F3/c1-2-3-4-7-16-10-12-17(13-11-16)19-14-23(26)20(15-22(19)25)18-8-5-6-9-21(18)24/h5-6,8-15H,2-4,7H2,1H3. The average molecular weight is 354 g/mol. The van der Waals surface area contributed by atoms with E-state index >= 15 is 0 Å². The molecule has 0 amide bonds. The van der Waals surface area contributed by atoms with Crippen LogP contribution in [0.15, 0.2) is 60.7 Å². The van der Waals surface area contributed by atoms with Crippen molar-refractivity contribution >= 4 is 0 Å². The fourth-order valence-electron chi connectivity index (χ4n) is 3.08. The van der Waals surface area contributed by atoms with Crippen LogP contribution < -0.4 is 0 Å². The summed E-state index contributed by atoms with van der Waals surface area (Å²) < 4.78 is 43.0. The molecular weight excluding hydrogens is 333 g/mol. The number of hydrogen-bond donors (Lipinski definition) is 0. The van der Waals surface area contributed by atoms with Crippen LogP contribution in [-0.2, 0) is 6.42 Å². The number of rotatable bonds is 6. The van der Waals surface area contributed by atoms with Gasteiger partial charge in [-0.15, -0.1) is 0 Å². The summed E-state index contributed by atoms with van der Waals surface area (Å²) in [6.45, 7) is 2.16. The lowest BCUT2D eigenvalue weighted by Crippen LogP contribution is -1.94. The number of hydrogen-bond acceptors (Lipinski definition) is 0. The van der Waals surface area contributed by atoms with Crippen LogP contribution in [-0.4, -0.2) is 0 Å². The van der Waals surface area contributed by atoms with Gasteiger partial charge in [-0.05, 0) is 42.2 Å².